The normalized spacial score (nSPS) is 15.2. The molecule has 0 spiro atoms. The molecule has 0 aromatic heterocycles. The standard InChI is InChI=1S/C20H35N3O8Si/c1-20(2,3)30-18(27)21-11-7-8-14(22-19(28)29-12-13-32(4,5)6)17(26)31-23-15(24)9-10-16(23)25/h14H,7-13H2,1-6H3,(H,21,27)(H,22,28)/t14-/m0/s1. The van der Waals surface area contributed by atoms with Gasteiger partial charge in [-0.25, -0.2) is 14.4 Å². The Bertz CT molecular complexity index is 699. The van der Waals surface area contributed by atoms with Crippen molar-refractivity contribution >= 4 is 38.0 Å². The van der Waals surface area contributed by atoms with E-state index in [1.807, 2.05) is 0 Å². The summed E-state index contributed by atoms with van der Waals surface area (Å²) in [6.45, 7) is 12.0. The molecule has 182 valence electrons. The van der Waals surface area contributed by atoms with Gasteiger partial charge in [0.05, 0.1) is 6.61 Å². The second-order valence-electron chi connectivity index (χ2n) is 9.71. The van der Waals surface area contributed by atoms with Gasteiger partial charge in [-0.1, -0.05) is 19.6 Å². The van der Waals surface area contributed by atoms with E-state index in [0.717, 1.165) is 6.04 Å². The molecule has 1 atom stereocenters. The number of rotatable bonds is 10. The maximum absolute atomic E-state index is 12.5. The lowest BCUT2D eigenvalue weighted by Gasteiger charge is -2.21. The molecule has 0 aromatic carbocycles. The molecule has 0 unspecified atom stereocenters. The lowest BCUT2D eigenvalue weighted by Crippen LogP contribution is -2.46. The van der Waals surface area contributed by atoms with Crippen LogP contribution in [0.4, 0.5) is 9.59 Å². The van der Waals surface area contributed by atoms with Gasteiger partial charge in [-0.3, -0.25) is 9.59 Å². The van der Waals surface area contributed by atoms with Crippen LogP contribution < -0.4 is 10.6 Å². The van der Waals surface area contributed by atoms with Crippen LogP contribution in [0, 0.1) is 0 Å². The smallest absolute Gasteiger partial charge is 0.407 e. The van der Waals surface area contributed by atoms with Crippen LogP contribution in [0.15, 0.2) is 0 Å². The Kier molecular flexibility index (Phi) is 10.1. The molecule has 0 aliphatic carbocycles. The maximum atomic E-state index is 12.5. The number of hydrogen-bond donors (Lipinski definition) is 2. The SMILES string of the molecule is CC(C)(C)OC(=O)NCCC[C@H](NC(=O)OCC[Si](C)(C)C)C(=O)ON1C(=O)CCC1=O. The van der Waals surface area contributed by atoms with E-state index < -0.39 is 49.7 Å². The van der Waals surface area contributed by atoms with E-state index in [-0.39, 0.29) is 38.8 Å². The number of nitrogens with one attached hydrogen (secondary N) is 2. The predicted molar refractivity (Wildman–Crippen MR) is 117 cm³/mol. The summed E-state index contributed by atoms with van der Waals surface area (Å²) in [6, 6.07) is -0.414. The summed E-state index contributed by atoms with van der Waals surface area (Å²) in [5.41, 5.74) is -0.646. The molecule has 1 saturated heterocycles. The number of amides is 4. The molecule has 0 radical (unpaired) electrons. The average Bonchev–Trinajstić information content (AvgIpc) is 2.93. The molecule has 0 saturated carbocycles. The molecule has 1 aliphatic rings. The topological polar surface area (TPSA) is 140 Å². The van der Waals surface area contributed by atoms with Crippen molar-refractivity contribution in [2.24, 2.45) is 0 Å². The molecule has 1 heterocycles. The summed E-state index contributed by atoms with van der Waals surface area (Å²) in [5, 5.41) is 5.40. The predicted octanol–water partition coefficient (Wildman–Crippen LogP) is 2.33. The Hall–Kier alpha value is -2.63. The molecule has 2 N–H and O–H groups in total. The zero-order valence-electron chi connectivity index (χ0n) is 19.7. The third-order valence-electron chi connectivity index (χ3n) is 4.19. The highest BCUT2D eigenvalue weighted by Crippen LogP contribution is 2.14. The van der Waals surface area contributed by atoms with E-state index in [9.17, 15) is 24.0 Å². The van der Waals surface area contributed by atoms with Crippen LogP contribution in [-0.4, -0.2) is 67.9 Å². The molecule has 0 aromatic rings. The summed E-state index contributed by atoms with van der Waals surface area (Å²) in [6.07, 6.45) is -1.12. The Balaban J connectivity index is 2.63. The van der Waals surface area contributed by atoms with Gasteiger partial charge >= 0.3 is 18.2 Å². The van der Waals surface area contributed by atoms with E-state index in [4.69, 9.17) is 14.3 Å². The van der Waals surface area contributed by atoms with E-state index in [2.05, 4.69) is 30.3 Å². The van der Waals surface area contributed by atoms with E-state index in [1.54, 1.807) is 20.8 Å². The first-order chi connectivity index (χ1) is 14.7. The molecule has 1 rings (SSSR count). The Morgan fingerprint density at radius 3 is 2.19 bits per heavy atom. The van der Waals surface area contributed by atoms with Crippen molar-refractivity contribution in [3.05, 3.63) is 0 Å². The van der Waals surface area contributed by atoms with Crippen LogP contribution in [0.5, 0.6) is 0 Å². The lowest BCUT2D eigenvalue weighted by atomic mass is 10.1. The number of alkyl carbamates (subject to hydrolysis) is 2. The molecular formula is C20H35N3O8Si. The zero-order valence-corrected chi connectivity index (χ0v) is 20.7. The quantitative estimate of drug-likeness (QED) is 0.280. The monoisotopic (exact) mass is 473 g/mol. The highest BCUT2D eigenvalue weighted by Gasteiger charge is 2.35. The molecule has 1 aliphatic heterocycles. The van der Waals surface area contributed by atoms with Gasteiger partial charge in [-0.2, -0.15) is 0 Å². The molecule has 4 amide bonds. The first-order valence-electron chi connectivity index (χ1n) is 10.7. The fourth-order valence-corrected chi connectivity index (χ4v) is 3.22. The molecule has 11 nitrogen and oxygen atoms in total. The largest absolute Gasteiger partial charge is 0.450 e. The van der Waals surface area contributed by atoms with Gasteiger partial charge in [-0.05, 0) is 39.7 Å². The Labute approximate surface area is 189 Å². The van der Waals surface area contributed by atoms with Crippen LogP contribution in [0.3, 0.4) is 0 Å². The van der Waals surface area contributed by atoms with Gasteiger partial charge < -0.3 is 24.9 Å². The minimum absolute atomic E-state index is 0.0389. The van der Waals surface area contributed by atoms with Gasteiger partial charge in [-0.15, -0.1) is 5.06 Å². The Morgan fingerprint density at radius 1 is 1.06 bits per heavy atom. The van der Waals surface area contributed by atoms with Crippen molar-refractivity contribution in [2.75, 3.05) is 13.2 Å². The third-order valence-corrected chi connectivity index (χ3v) is 5.89. The first kappa shape index (κ1) is 27.4. The number of hydrogen-bond acceptors (Lipinski definition) is 8. The molecule has 32 heavy (non-hydrogen) atoms. The van der Waals surface area contributed by atoms with Crippen LogP contribution in [0.25, 0.3) is 0 Å². The zero-order chi connectivity index (χ0) is 24.5. The van der Waals surface area contributed by atoms with E-state index in [1.165, 1.54) is 0 Å². The summed E-state index contributed by atoms with van der Waals surface area (Å²) in [7, 11) is -1.41. The van der Waals surface area contributed by atoms with Crippen LogP contribution in [0.2, 0.25) is 25.7 Å². The van der Waals surface area contributed by atoms with Gasteiger partial charge in [0.15, 0.2) is 0 Å². The van der Waals surface area contributed by atoms with Gasteiger partial charge in [0, 0.05) is 27.5 Å². The summed E-state index contributed by atoms with van der Waals surface area (Å²) in [4.78, 5) is 64.7. The number of nitrogens with zero attached hydrogens (tertiary/aromatic N) is 1. The molecule has 0 bridgehead atoms. The second-order valence-corrected chi connectivity index (χ2v) is 15.3. The minimum atomic E-state index is -1.41. The Morgan fingerprint density at radius 2 is 1.66 bits per heavy atom. The molecule has 1 fully saturated rings. The molecular weight excluding hydrogens is 438 g/mol. The van der Waals surface area contributed by atoms with Gasteiger partial charge in [0.25, 0.3) is 11.8 Å². The second kappa shape index (κ2) is 11.8. The fourth-order valence-electron chi connectivity index (χ4n) is 2.51. The van der Waals surface area contributed by atoms with Crippen molar-refractivity contribution in [2.45, 2.75) is 83.8 Å². The van der Waals surface area contributed by atoms with Gasteiger partial charge in [0.1, 0.15) is 11.6 Å². The third kappa shape index (κ3) is 11.1. The van der Waals surface area contributed by atoms with Crippen molar-refractivity contribution < 1.29 is 38.3 Å². The van der Waals surface area contributed by atoms with Crippen LogP contribution >= 0.6 is 0 Å². The minimum Gasteiger partial charge on any atom is -0.450 e. The highest BCUT2D eigenvalue weighted by molar-refractivity contribution is 6.76. The van der Waals surface area contributed by atoms with E-state index in [0.29, 0.717) is 5.06 Å². The number of carbonyl (C=O) groups is 5. The molecule has 12 heteroatoms. The van der Waals surface area contributed by atoms with Gasteiger partial charge in [0.2, 0.25) is 0 Å². The number of hydroxylamine groups is 2. The fraction of sp³-hybridized carbons (Fsp3) is 0.750. The lowest BCUT2D eigenvalue weighted by molar-refractivity contribution is -0.199. The number of carbonyl (C=O) groups excluding carboxylic acids is 5. The number of imide groups is 1. The summed E-state index contributed by atoms with van der Waals surface area (Å²) >= 11 is 0. The summed E-state index contributed by atoms with van der Waals surface area (Å²) in [5.74, 6) is -2.20. The van der Waals surface area contributed by atoms with Crippen LogP contribution in [0.1, 0.15) is 46.5 Å². The number of ether oxygens (including phenoxy) is 2. The van der Waals surface area contributed by atoms with Crippen LogP contribution in [-0.2, 0) is 28.7 Å². The van der Waals surface area contributed by atoms with Crippen molar-refractivity contribution in [1.82, 2.24) is 15.7 Å². The van der Waals surface area contributed by atoms with Crippen molar-refractivity contribution in [3.63, 3.8) is 0 Å². The maximum Gasteiger partial charge on any atom is 0.407 e. The summed E-state index contributed by atoms with van der Waals surface area (Å²) < 4.78 is 10.3. The van der Waals surface area contributed by atoms with E-state index >= 15 is 0 Å². The highest BCUT2D eigenvalue weighted by atomic mass is 28.3. The first-order valence-corrected chi connectivity index (χ1v) is 14.4. The van der Waals surface area contributed by atoms with Crippen molar-refractivity contribution in [3.8, 4) is 0 Å². The van der Waals surface area contributed by atoms with Crippen molar-refractivity contribution in [1.29, 1.82) is 0 Å². The average molecular weight is 474 g/mol.